The minimum atomic E-state index is -0.456. The van der Waals surface area contributed by atoms with E-state index in [4.69, 9.17) is 14.0 Å². The highest BCUT2D eigenvalue weighted by molar-refractivity contribution is 6.60. The molecule has 1 saturated carbocycles. The highest BCUT2D eigenvalue weighted by atomic mass is 16.5. The third-order valence-corrected chi connectivity index (χ3v) is 6.50. The molecule has 12 nitrogen and oxygen atoms in total. The van der Waals surface area contributed by atoms with Crippen LogP contribution in [0.25, 0.3) is 11.4 Å². The molecule has 2 amide bonds. The molecule has 0 radical (unpaired) electrons. The van der Waals surface area contributed by atoms with Gasteiger partial charge in [0.05, 0.1) is 49.4 Å². The maximum Gasteiger partial charge on any atom is 0.253 e. The van der Waals surface area contributed by atoms with Crippen LogP contribution in [0.4, 0.5) is 17.2 Å². The zero-order valence-corrected chi connectivity index (χ0v) is 23.2. The Hall–Kier alpha value is -3.84. The predicted octanol–water partition coefficient (Wildman–Crippen LogP) is -0.695. The molecule has 2 fully saturated rings. The van der Waals surface area contributed by atoms with Crippen molar-refractivity contribution >= 4 is 52.5 Å². The number of aromatic nitrogens is 3. The van der Waals surface area contributed by atoms with Gasteiger partial charge in [0.1, 0.15) is 29.4 Å². The van der Waals surface area contributed by atoms with Gasteiger partial charge in [-0.05, 0) is 30.2 Å². The number of carbonyl (C=O) groups excluding carboxylic acids is 2. The number of hydrogen-bond donors (Lipinski definition) is 3. The van der Waals surface area contributed by atoms with Crippen LogP contribution < -0.4 is 20.7 Å². The summed E-state index contributed by atoms with van der Waals surface area (Å²) in [7, 11) is 7.26. The third-order valence-electron chi connectivity index (χ3n) is 6.50. The van der Waals surface area contributed by atoms with Crippen molar-refractivity contribution < 1.29 is 23.6 Å². The second kappa shape index (κ2) is 11.7. The molecule has 40 heavy (non-hydrogen) atoms. The number of benzene rings is 1. The standard InChI is InChI=1S/C25H32B3N7O5/c1-38-21-15(22-32-20(40-34-22)13-35-7-9-39-10-8-35)3-2-4-17(21)30-18-11-19(31-23(36)14-5-6-14)29-12-16(18)24(37)33-25(26,27)28/h2-4,11-12,14H,5-10,13,26-28H2,1H3,(H,33,37)(H2,29,30,31,36). The van der Waals surface area contributed by atoms with Crippen molar-refractivity contribution in [3.05, 3.63) is 41.9 Å². The molecule has 206 valence electrons. The Balaban J connectivity index is 1.44. The van der Waals surface area contributed by atoms with Gasteiger partial charge in [-0.3, -0.25) is 14.5 Å². The number of para-hydroxylation sites is 1. The number of pyridine rings is 1. The Morgan fingerprint density at radius 1 is 1.18 bits per heavy atom. The summed E-state index contributed by atoms with van der Waals surface area (Å²) in [6.45, 7) is 3.51. The van der Waals surface area contributed by atoms with Crippen LogP contribution in [-0.2, 0) is 16.1 Å². The number of morpholine rings is 1. The third kappa shape index (κ3) is 6.83. The molecular formula is C25H32B3N7O5. The Bertz CT molecular complexity index is 1390. The van der Waals surface area contributed by atoms with Crippen LogP contribution in [0.15, 0.2) is 35.0 Å². The van der Waals surface area contributed by atoms with Crippen LogP contribution in [-0.4, -0.2) is 94.0 Å². The number of amides is 2. The lowest BCUT2D eigenvalue weighted by atomic mass is 9.49. The zero-order valence-electron chi connectivity index (χ0n) is 23.2. The van der Waals surface area contributed by atoms with E-state index in [-0.39, 0.29) is 17.7 Å². The molecular weight excluding hydrogens is 511 g/mol. The Labute approximate surface area is 235 Å². The van der Waals surface area contributed by atoms with Gasteiger partial charge in [0.25, 0.3) is 5.91 Å². The SMILES string of the molecule is BC(B)(B)NC(=O)c1cnc(NC(=O)C2CC2)cc1Nc1cccc(-c2noc(CN3CCOCC3)n2)c1OC. The monoisotopic (exact) mass is 543 g/mol. The van der Waals surface area contributed by atoms with Gasteiger partial charge in [0, 0.05) is 31.3 Å². The molecule has 0 unspecified atom stereocenters. The number of hydrogen-bond acceptors (Lipinski definition) is 10. The molecule has 2 aromatic heterocycles. The van der Waals surface area contributed by atoms with E-state index in [1.165, 1.54) is 6.20 Å². The number of anilines is 3. The number of methoxy groups -OCH3 is 1. The Morgan fingerprint density at radius 2 is 1.95 bits per heavy atom. The molecule has 1 aliphatic heterocycles. The second-order valence-electron chi connectivity index (χ2n) is 11.0. The van der Waals surface area contributed by atoms with Crippen LogP contribution in [0, 0.1) is 5.92 Å². The van der Waals surface area contributed by atoms with Crippen molar-refractivity contribution in [2.45, 2.75) is 24.6 Å². The van der Waals surface area contributed by atoms with E-state index in [0.717, 1.165) is 25.9 Å². The van der Waals surface area contributed by atoms with Gasteiger partial charge in [-0.15, -0.1) is 0 Å². The summed E-state index contributed by atoms with van der Waals surface area (Å²) in [5.41, 5.74) is 1.98. The molecule has 5 rings (SSSR count). The van der Waals surface area contributed by atoms with Crippen LogP contribution in [0.3, 0.4) is 0 Å². The van der Waals surface area contributed by atoms with E-state index in [1.54, 1.807) is 13.2 Å². The van der Waals surface area contributed by atoms with Crippen molar-refractivity contribution in [3.8, 4) is 17.1 Å². The van der Waals surface area contributed by atoms with E-state index in [0.29, 0.717) is 65.5 Å². The average molecular weight is 543 g/mol. The number of carbonyl (C=O) groups is 2. The van der Waals surface area contributed by atoms with Crippen LogP contribution in [0.1, 0.15) is 29.1 Å². The molecule has 0 atom stereocenters. The highest BCUT2D eigenvalue weighted by Gasteiger charge is 2.30. The van der Waals surface area contributed by atoms with Gasteiger partial charge < -0.3 is 29.9 Å². The summed E-state index contributed by atoms with van der Waals surface area (Å²) >= 11 is 0. The molecule has 2 aliphatic rings. The molecule has 3 aromatic rings. The lowest BCUT2D eigenvalue weighted by Crippen LogP contribution is -2.50. The maximum atomic E-state index is 13.2. The first-order valence-electron chi connectivity index (χ1n) is 13.4. The van der Waals surface area contributed by atoms with Crippen molar-refractivity contribution in [2.75, 3.05) is 44.0 Å². The zero-order chi connectivity index (χ0) is 28.3. The lowest BCUT2D eigenvalue weighted by molar-refractivity contribution is -0.117. The molecule has 1 saturated heterocycles. The maximum absolute atomic E-state index is 13.2. The van der Waals surface area contributed by atoms with E-state index >= 15 is 0 Å². The van der Waals surface area contributed by atoms with E-state index in [2.05, 4.69) is 36.0 Å². The molecule has 1 aromatic carbocycles. The number of nitrogens with zero attached hydrogens (tertiary/aromatic N) is 4. The summed E-state index contributed by atoms with van der Waals surface area (Å²) in [6.07, 6.45) is 3.20. The van der Waals surface area contributed by atoms with Crippen LogP contribution >= 0.6 is 0 Å². The minimum absolute atomic E-state index is 0.0157. The smallest absolute Gasteiger partial charge is 0.253 e. The van der Waals surface area contributed by atoms with Gasteiger partial charge in [0.2, 0.25) is 17.6 Å². The van der Waals surface area contributed by atoms with Crippen LogP contribution in [0.2, 0.25) is 0 Å². The molecule has 0 bridgehead atoms. The van der Waals surface area contributed by atoms with E-state index in [1.807, 2.05) is 41.7 Å². The molecule has 1 aliphatic carbocycles. The molecule has 0 spiro atoms. The normalized spacial score (nSPS) is 15.8. The second-order valence-corrected chi connectivity index (χ2v) is 11.0. The summed E-state index contributed by atoms with van der Waals surface area (Å²) < 4.78 is 16.7. The Morgan fingerprint density at radius 3 is 2.65 bits per heavy atom. The lowest BCUT2D eigenvalue weighted by Gasteiger charge is -2.24. The fraction of sp³-hybridized carbons (Fsp3) is 0.400. The van der Waals surface area contributed by atoms with E-state index < -0.39 is 5.24 Å². The largest absolute Gasteiger partial charge is 0.494 e. The quantitative estimate of drug-likeness (QED) is 0.281. The minimum Gasteiger partial charge on any atom is -0.494 e. The first-order valence-corrected chi connectivity index (χ1v) is 13.4. The summed E-state index contributed by atoms with van der Waals surface area (Å²) in [5.74, 6) is 1.36. The first kappa shape index (κ1) is 27.7. The number of ether oxygens (including phenoxy) is 2. The van der Waals surface area contributed by atoms with Gasteiger partial charge in [-0.2, -0.15) is 4.98 Å². The van der Waals surface area contributed by atoms with Gasteiger partial charge in [-0.25, -0.2) is 4.98 Å². The van der Waals surface area contributed by atoms with E-state index in [9.17, 15) is 9.59 Å². The summed E-state index contributed by atoms with van der Waals surface area (Å²) in [6, 6.07) is 7.16. The summed E-state index contributed by atoms with van der Waals surface area (Å²) in [5, 5.41) is 12.9. The Kier molecular flexibility index (Phi) is 8.13. The van der Waals surface area contributed by atoms with Gasteiger partial charge >= 0.3 is 0 Å². The topological polar surface area (TPSA) is 144 Å². The fourth-order valence-corrected chi connectivity index (χ4v) is 4.35. The van der Waals surface area contributed by atoms with Crippen molar-refractivity contribution in [1.82, 2.24) is 25.3 Å². The van der Waals surface area contributed by atoms with Crippen molar-refractivity contribution in [3.63, 3.8) is 0 Å². The highest BCUT2D eigenvalue weighted by Crippen LogP contribution is 2.38. The van der Waals surface area contributed by atoms with Crippen molar-refractivity contribution in [1.29, 1.82) is 0 Å². The molecule has 3 heterocycles. The summed E-state index contributed by atoms with van der Waals surface area (Å²) in [4.78, 5) is 36.7. The molecule has 3 N–H and O–H groups in total. The van der Waals surface area contributed by atoms with Gasteiger partial charge in [-0.1, -0.05) is 11.2 Å². The number of nitrogens with one attached hydrogen (secondary N) is 3. The number of rotatable bonds is 10. The molecule has 15 heteroatoms. The van der Waals surface area contributed by atoms with Crippen LogP contribution in [0.5, 0.6) is 5.75 Å². The average Bonchev–Trinajstić information content (AvgIpc) is 3.67. The predicted molar refractivity (Wildman–Crippen MR) is 157 cm³/mol. The first-order chi connectivity index (χ1) is 19.2. The fourth-order valence-electron chi connectivity index (χ4n) is 4.35. The van der Waals surface area contributed by atoms with Crippen molar-refractivity contribution in [2.24, 2.45) is 5.92 Å². The van der Waals surface area contributed by atoms with Gasteiger partial charge in [0.15, 0.2) is 5.75 Å².